The van der Waals surface area contributed by atoms with Gasteiger partial charge in [0.2, 0.25) is 0 Å². The van der Waals surface area contributed by atoms with Crippen LogP contribution in [-0.2, 0) is 6.42 Å². The highest BCUT2D eigenvalue weighted by molar-refractivity contribution is 5.38. The topological polar surface area (TPSA) is 0 Å². The molecule has 0 aliphatic heterocycles. The molecule has 4 heteroatoms. The predicted octanol–water partition coefficient (Wildman–Crippen LogP) is 8.63. The molecule has 0 N–H and O–H groups in total. The third-order valence-corrected chi connectivity index (χ3v) is 6.88. The quantitative estimate of drug-likeness (QED) is 0.368. The second kappa shape index (κ2) is 9.70. The van der Waals surface area contributed by atoms with E-state index in [0.717, 1.165) is 11.5 Å². The fourth-order valence-electron chi connectivity index (χ4n) is 4.99. The lowest BCUT2D eigenvalue weighted by atomic mass is 9.77. The summed E-state index contributed by atoms with van der Waals surface area (Å²) in [5.74, 6) is -6.75. The summed E-state index contributed by atoms with van der Waals surface area (Å²) >= 11 is 0. The minimum absolute atomic E-state index is 0.00576. The lowest BCUT2D eigenvalue weighted by molar-refractivity contribution is -0.165. The van der Waals surface area contributed by atoms with Gasteiger partial charge >= 0.3 is 11.8 Å². The molecule has 0 amide bonds. The van der Waals surface area contributed by atoms with Crippen LogP contribution in [0.25, 0.3) is 0 Å². The van der Waals surface area contributed by atoms with Gasteiger partial charge < -0.3 is 0 Å². The normalized spacial score (nSPS) is 25.5. The van der Waals surface area contributed by atoms with Crippen molar-refractivity contribution >= 4 is 0 Å². The van der Waals surface area contributed by atoms with E-state index in [9.17, 15) is 17.6 Å². The minimum Gasteiger partial charge on any atom is -0.194 e. The van der Waals surface area contributed by atoms with Gasteiger partial charge in [-0.05, 0) is 67.9 Å². The summed E-state index contributed by atoms with van der Waals surface area (Å²) in [7, 11) is 0. The molecule has 0 atom stereocenters. The number of rotatable bonds is 8. The van der Waals surface area contributed by atoms with E-state index in [-0.39, 0.29) is 12.8 Å². The largest absolute Gasteiger partial charge is 0.335 e. The average Bonchev–Trinajstić information content (AvgIpc) is 2.73. The van der Waals surface area contributed by atoms with Gasteiger partial charge in [-0.1, -0.05) is 69.5 Å². The zero-order valence-corrected chi connectivity index (χ0v) is 18.2. The first-order chi connectivity index (χ1) is 14.3. The maximum atomic E-state index is 14.5. The predicted molar refractivity (Wildman–Crippen MR) is 115 cm³/mol. The van der Waals surface area contributed by atoms with E-state index in [2.05, 4.69) is 19.1 Å². The molecule has 1 fully saturated rings. The van der Waals surface area contributed by atoms with E-state index in [1.807, 2.05) is 12.1 Å². The van der Waals surface area contributed by atoms with Crippen molar-refractivity contribution < 1.29 is 17.6 Å². The fraction of sp³-hybridized carbons (Fsp3) is 0.615. The summed E-state index contributed by atoms with van der Waals surface area (Å²) in [6.45, 7) is 3.96. The van der Waals surface area contributed by atoms with Gasteiger partial charge in [-0.15, -0.1) is 0 Å². The van der Waals surface area contributed by atoms with Crippen LogP contribution in [0.5, 0.6) is 0 Å². The molecule has 2 aliphatic rings. The van der Waals surface area contributed by atoms with Crippen LogP contribution in [0, 0.1) is 5.92 Å². The highest BCUT2D eigenvalue weighted by atomic mass is 19.3. The highest BCUT2D eigenvalue weighted by Crippen LogP contribution is 2.49. The van der Waals surface area contributed by atoms with Gasteiger partial charge in [0.15, 0.2) is 0 Å². The minimum atomic E-state index is -4.11. The van der Waals surface area contributed by atoms with Crippen molar-refractivity contribution in [2.24, 2.45) is 5.92 Å². The molecule has 0 radical (unpaired) electrons. The van der Waals surface area contributed by atoms with Crippen LogP contribution in [-0.4, -0.2) is 11.8 Å². The van der Waals surface area contributed by atoms with Crippen LogP contribution in [0.4, 0.5) is 17.6 Å². The summed E-state index contributed by atoms with van der Waals surface area (Å²) in [5.41, 5.74) is 1.30. The van der Waals surface area contributed by atoms with Crippen LogP contribution in [0.3, 0.4) is 0 Å². The number of benzene rings is 1. The maximum absolute atomic E-state index is 14.5. The second-order valence-corrected chi connectivity index (χ2v) is 9.03. The molecule has 0 nitrogen and oxygen atoms in total. The van der Waals surface area contributed by atoms with Crippen molar-refractivity contribution in [1.82, 2.24) is 0 Å². The summed E-state index contributed by atoms with van der Waals surface area (Å²) in [5, 5.41) is 0. The molecule has 2 aliphatic carbocycles. The number of halogens is 4. The summed E-state index contributed by atoms with van der Waals surface area (Å²) in [6.07, 6.45) is 10.7. The van der Waals surface area contributed by atoms with Crippen molar-refractivity contribution in [3.8, 4) is 0 Å². The van der Waals surface area contributed by atoms with Crippen molar-refractivity contribution in [1.29, 1.82) is 0 Å². The fourth-order valence-corrected chi connectivity index (χ4v) is 4.99. The Morgan fingerprint density at radius 3 is 1.83 bits per heavy atom. The molecule has 0 aromatic heterocycles. The van der Waals surface area contributed by atoms with Crippen LogP contribution in [0.2, 0.25) is 0 Å². The number of aryl methyl sites for hydroxylation is 1. The molecule has 1 saturated carbocycles. The molecule has 0 bridgehead atoms. The maximum Gasteiger partial charge on any atom is 0.335 e. The van der Waals surface area contributed by atoms with Crippen molar-refractivity contribution in [3.05, 3.63) is 58.7 Å². The Bertz CT molecular complexity index is 750. The standard InChI is InChI=1S/C26H34F4/c1-3-5-19-7-12-21(13-8-19)22-14-9-20(10-15-22)11-16-24-18-17-23(6-4-2)25(27,28)26(24,29)30/h9-10,14-15,17-19,21H,3-8,11-13,16H2,1-2H3. The van der Waals surface area contributed by atoms with E-state index in [1.54, 1.807) is 6.92 Å². The van der Waals surface area contributed by atoms with Gasteiger partial charge in [0.05, 0.1) is 0 Å². The summed E-state index contributed by atoms with van der Waals surface area (Å²) < 4.78 is 57.5. The third-order valence-electron chi connectivity index (χ3n) is 6.88. The first kappa shape index (κ1) is 23.1. The summed E-state index contributed by atoms with van der Waals surface area (Å²) in [4.78, 5) is 0. The van der Waals surface area contributed by atoms with E-state index in [1.165, 1.54) is 56.2 Å². The van der Waals surface area contributed by atoms with Crippen molar-refractivity contribution in [2.75, 3.05) is 0 Å². The smallest absolute Gasteiger partial charge is 0.194 e. The van der Waals surface area contributed by atoms with Crippen molar-refractivity contribution in [2.45, 2.75) is 95.8 Å². The Morgan fingerprint density at radius 1 is 0.733 bits per heavy atom. The van der Waals surface area contributed by atoms with Crippen LogP contribution in [0.1, 0.15) is 88.7 Å². The lowest BCUT2D eigenvalue weighted by Gasteiger charge is -2.33. The number of hydrogen-bond acceptors (Lipinski definition) is 0. The molecule has 1 aromatic rings. The average molecular weight is 423 g/mol. The van der Waals surface area contributed by atoms with Gasteiger partial charge in [-0.25, -0.2) is 0 Å². The van der Waals surface area contributed by atoms with Crippen LogP contribution >= 0.6 is 0 Å². The van der Waals surface area contributed by atoms with E-state index < -0.39 is 23.0 Å². The zero-order chi connectivity index (χ0) is 21.8. The molecular formula is C26H34F4. The van der Waals surface area contributed by atoms with Crippen LogP contribution in [0.15, 0.2) is 47.6 Å². The van der Waals surface area contributed by atoms with Gasteiger partial charge in [-0.2, -0.15) is 17.6 Å². The van der Waals surface area contributed by atoms with Gasteiger partial charge in [-0.3, -0.25) is 0 Å². The molecule has 3 rings (SSSR count). The lowest BCUT2D eigenvalue weighted by Crippen LogP contribution is -2.45. The Labute approximate surface area is 178 Å². The Balaban J connectivity index is 1.60. The van der Waals surface area contributed by atoms with E-state index in [0.29, 0.717) is 18.8 Å². The molecule has 30 heavy (non-hydrogen) atoms. The first-order valence-corrected chi connectivity index (χ1v) is 11.5. The molecule has 0 saturated heterocycles. The Hall–Kier alpha value is -1.58. The summed E-state index contributed by atoms with van der Waals surface area (Å²) in [6, 6.07) is 8.15. The zero-order valence-electron chi connectivity index (χ0n) is 18.2. The Morgan fingerprint density at radius 2 is 1.30 bits per heavy atom. The molecule has 166 valence electrons. The second-order valence-electron chi connectivity index (χ2n) is 9.03. The molecule has 0 spiro atoms. The highest BCUT2D eigenvalue weighted by Gasteiger charge is 2.61. The van der Waals surface area contributed by atoms with Gasteiger partial charge in [0.1, 0.15) is 0 Å². The number of allylic oxidation sites excluding steroid dienone is 4. The molecule has 1 aromatic carbocycles. The van der Waals surface area contributed by atoms with E-state index in [4.69, 9.17) is 0 Å². The van der Waals surface area contributed by atoms with Gasteiger partial charge in [0.25, 0.3) is 0 Å². The number of hydrogen-bond donors (Lipinski definition) is 0. The Kier molecular flexibility index (Phi) is 7.47. The van der Waals surface area contributed by atoms with Crippen molar-refractivity contribution in [3.63, 3.8) is 0 Å². The molecular weight excluding hydrogens is 388 g/mol. The number of alkyl halides is 4. The first-order valence-electron chi connectivity index (χ1n) is 11.5. The van der Waals surface area contributed by atoms with Gasteiger partial charge in [0, 0.05) is 11.1 Å². The molecule has 0 unspecified atom stereocenters. The van der Waals surface area contributed by atoms with E-state index >= 15 is 0 Å². The SMILES string of the molecule is CCCC1=CC=C(CCc2ccc(C3CCC(CCC)CC3)cc2)C(F)(F)C1(F)F. The monoisotopic (exact) mass is 422 g/mol. The third kappa shape index (κ3) is 4.84. The van der Waals surface area contributed by atoms with Crippen LogP contribution < -0.4 is 0 Å². The molecule has 0 heterocycles.